The lowest BCUT2D eigenvalue weighted by Gasteiger charge is -2.03. The molecule has 0 saturated heterocycles. The molecule has 1 aromatic carbocycles. The average molecular weight is 321 g/mol. The molecule has 3 aromatic heterocycles. The molecular formula is C17H15N5O2. The van der Waals surface area contributed by atoms with E-state index in [9.17, 15) is 4.79 Å². The lowest BCUT2D eigenvalue weighted by Crippen LogP contribution is -2.23. The number of H-pyrrole nitrogens is 1. The highest BCUT2D eigenvalue weighted by atomic mass is 16.3. The summed E-state index contributed by atoms with van der Waals surface area (Å²) >= 11 is 0. The van der Waals surface area contributed by atoms with E-state index < -0.39 is 0 Å². The van der Waals surface area contributed by atoms with Gasteiger partial charge < -0.3 is 9.73 Å². The molecule has 2 N–H and O–H groups in total. The lowest BCUT2D eigenvalue weighted by atomic mass is 10.1. The Labute approximate surface area is 137 Å². The van der Waals surface area contributed by atoms with Gasteiger partial charge in [0.05, 0.1) is 23.7 Å². The highest BCUT2D eigenvalue weighted by molar-refractivity contribution is 5.93. The van der Waals surface area contributed by atoms with Crippen LogP contribution in [0.4, 0.5) is 0 Å². The monoisotopic (exact) mass is 321 g/mol. The van der Waals surface area contributed by atoms with E-state index in [0.717, 1.165) is 22.0 Å². The summed E-state index contributed by atoms with van der Waals surface area (Å²) in [6.45, 7) is 0.422. The Morgan fingerprint density at radius 2 is 2.25 bits per heavy atom. The molecular weight excluding hydrogens is 306 g/mol. The first-order valence-corrected chi connectivity index (χ1v) is 7.47. The van der Waals surface area contributed by atoms with Gasteiger partial charge in [0.1, 0.15) is 5.69 Å². The number of aromatic amines is 1. The summed E-state index contributed by atoms with van der Waals surface area (Å²) in [4.78, 5) is 12.2. The van der Waals surface area contributed by atoms with Crippen LogP contribution in [0, 0.1) is 0 Å². The van der Waals surface area contributed by atoms with Crippen LogP contribution in [0.2, 0.25) is 0 Å². The van der Waals surface area contributed by atoms with Crippen molar-refractivity contribution in [1.29, 1.82) is 0 Å². The second-order valence-electron chi connectivity index (χ2n) is 5.56. The van der Waals surface area contributed by atoms with Crippen molar-refractivity contribution in [2.24, 2.45) is 7.05 Å². The molecule has 0 aliphatic heterocycles. The van der Waals surface area contributed by atoms with Gasteiger partial charge in [0.25, 0.3) is 5.91 Å². The van der Waals surface area contributed by atoms with E-state index in [0.29, 0.717) is 17.9 Å². The van der Waals surface area contributed by atoms with Crippen molar-refractivity contribution in [2.75, 3.05) is 0 Å². The highest BCUT2D eigenvalue weighted by Crippen LogP contribution is 2.18. The summed E-state index contributed by atoms with van der Waals surface area (Å²) in [6, 6.07) is 9.44. The molecule has 0 atom stereocenters. The fraction of sp³-hybridized carbons (Fsp3) is 0.118. The minimum absolute atomic E-state index is 0.210. The van der Waals surface area contributed by atoms with Crippen LogP contribution < -0.4 is 5.32 Å². The van der Waals surface area contributed by atoms with Gasteiger partial charge in [-0.2, -0.15) is 10.2 Å². The molecule has 4 rings (SSSR count). The third kappa shape index (κ3) is 2.67. The topological polar surface area (TPSA) is 88.7 Å². The Kier molecular flexibility index (Phi) is 3.38. The first kappa shape index (κ1) is 14.3. The zero-order valence-electron chi connectivity index (χ0n) is 13.0. The summed E-state index contributed by atoms with van der Waals surface area (Å²) in [6.07, 6.45) is 5.11. The molecule has 0 radical (unpaired) electrons. The lowest BCUT2D eigenvalue weighted by molar-refractivity contribution is 0.0946. The number of fused-ring (bicyclic) bond motifs is 1. The summed E-state index contributed by atoms with van der Waals surface area (Å²) in [5.41, 5.74) is 3.80. The number of hydrogen-bond acceptors (Lipinski definition) is 4. The Balaban J connectivity index is 1.45. The van der Waals surface area contributed by atoms with Gasteiger partial charge in [-0.05, 0) is 23.8 Å². The fourth-order valence-electron chi connectivity index (χ4n) is 2.57. The zero-order chi connectivity index (χ0) is 16.5. The Morgan fingerprint density at radius 1 is 1.33 bits per heavy atom. The van der Waals surface area contributed by atoms with Crippen LogP contribution in [0.1, 0.15) is 16.1 Å². The minimum atomic E-state index is -0.210. The van der Waals surface area contributed by atoms with E-state index in [1.807, 2.05) is 31.4 Å². The van der Waals surface area contributed by atoms with E-state index in [2.05, 4.69) is 20.6 Å². The van der Waals surface area contributed by atoms with Gasteiger partial charge in [-0.1, -0.05) is 12.1 Å². The quantitative estimate of drug-likeness (QED) is 0.604. The number of carbonyl (C=O) groups excluding carboxylic acids is 1. The van der Waals surface area contributed by atoms with Gasteiger partial charge in [-0.3, -0.25) is 14.6 Å². The fourth-order valence-corrected chi connectivity index (χ4v) is 2.57. The van der Waals surface area contributed by atoms with Crippen LogP contribution in [0.3, 0.4) is 0 Å². The number of nitrogens with zero attached hydrogens (tertiary/aromatic N) is 3. The Bertz CT molecular complexity index is 997. The molecule has 7 heteroatoms. The van der Waals surface area contributed by atoms with Gasteiger partial charge in [0, 0.05) is 30.7 Å². The number of benzene rings is 1. The van der Waals surface area contributed by atoms with E-state index >= 15 is 0 Å². The number of carbonyl (C=O) groups is 1. The van der Waals surface area contributed by atoms with Crippen LogP contribution in [0.5, 0.6) is 0 Å². The molecule has 24 heavy (non-hydrogen) atoms. The first-order chi connectivity index (χ1) is 11.7. The first-order valence-electron chi connectivity index (χ1n) is 7.47. The van der Waals surface area contributed by atoms with Crippen molar-refractivity contribution in [3.05, 3.63) is 60.3 Å². The van der Waals surface area contributed by atoms with E-state index in [1.165, 1.54) is 0 Å². The Hall–Kier alpha value is -3.35. The van der Waals surface area contributed by atoms with Crippen molar-refractivity contribution in [3.63, 3.8) is 0 Å². The second-order valence-corrected chi connectivity index (χ2v) is 5.56. The molecule has 0 saturated carbocycles. The van der Waals surface area contributed by atoms with Gasteiger partial charge in [0.2, 0.25) is 0 Å². The molecule has 120 valence electrons. The van der Waals surface area contributed by atoms with E-state index in [-0.39, 0.29) is 5.91 Å². The van der Waals surface area contributed by atoms with Gasteiger partial charge >= 0.3 is 0 Å². The van der Waals surface area contributed by atoms with E-state index in [4.69, 9.17) is 4.42 Å². The minimum Gasteiger partial charge on any atom is -0.472 e. The van der Waals surface area contributed by atoms with Crippen molar-refractivity contribution in [2.45, 2.75) is 6.54 Å². The summed E-state index contributed by atoms with van der Waals surface area (Å²) < 4.78 is 6.79. The largest absolute Gasteiger partial charge is 0.472 e. The maximum Gasteiger partial charge on any atom is 0.269 e. The van der Waals surface area contributed by atoms with Crippen molar-refractivity contribution >= 4 is 16.8 Å². The van der Waals surface area contributed by atoms with Crippen molar-refractivity contribution < 1.29 is 9.21 Å². The smallest absolute Gasteiger partial charge is 0.269 e. The molecule has 0 unspecified atom stereocenters. The van der Waals surface area contributed by atoms with E-state index in [1.54, 1.807) is 29.3 Å². The number of aromatic nitrogens is 4. The number of amides is 1. The SMILES string of the molecule is Cn1cc2ccc(CNC(=O)c3cc(-c4ccoc4)n[nH]3)cc2n1. The number of aryl methyl sites for hydroxylation is 1. The van der Waals surface area contributed by atoms with Crippen molar-refractivity contribution in [3.8, 4) is 11.3 Å². The molecule has 7 nitrogen and oxygen atoms in total. The molecule has 4 aromatic rings. The van der Waals surface area contributed by atoms with Crippen LogP contribution in [0.15, 0.2) is 53.5 Å². The number of rotatable bonds is 4. The number of nitrogens with one attached hydrogen (secondary N) is 2. The molecule has 0 aliphatic carbocycles. The summed E-state index contributed by atoms with van der Waals surface area (Å²) in [5.74, 6) is -0.210. The van der Waals surface area contributed by atoms with Crippen LogP contribution in [-0.2, 0) is 13.6 Å². The molecule has 0 bridgehead atoms. The van der Waals surface area contributed by atoms with Crippen molar-refractivity contribution in [1.82, 2.24) is 25.3 Å². The predicted molar refractivity (Wildman–Crippen MR) is 88.2 cm³/mol. The van der Waals surface area contributed by atoms with Crippen LogP contribution >= 0.6 is 0 Å². The van der Waals surface area contributed by atoms with Crippen LogP contribution in [0.25, 0.3) is 22.2 Å². The van der Waals surface area contributed by atoms with Crippen LogP contribution in [-0.4, -0.2) is 25.9 Å². The van der Waals surface area contributed by atoms with Gasteiger partial charge in [-0.15, -0.1) is 0 Å². The summed E-state index contributed by atoms with van der Waals surface area (Å²) in [5, 5.41) is 15.2. The third-order valence-electron chi connectivity index (χ3n) is 3.78. The van der Waals surface area contributed by atoms with Gasteiger partial charge in [0.15, 0.2) is 0 Å². The zero-order valence-corrected chi connectivity index (χ0v) is 13.0. The molecule has 3 heterocycles. The highest BCUT2D eigenvalue weighted by Gasteiger charge is 2.11. The molecule has 0 aliphatic rings. The Morgan fingerprint density at radius 3 is 3.08 bits per heavy atom. The standard InChI is InChI=1S/C17H15N5O2/c1-22-9-12-3-2-11(6-15(12)21-22)8-18-17(23)16-7-14(19-20-16)13-4-5-24-10-13/h2-7,9-10H,8H2,1H3,(H,18,23)(H,19,20). The number of furan rings is 1. The molecule has 1 amide bonds. The maximum absolute atomic E-state index is 12.2. The predicted octanol–water partition coefficient (Wildman–Crippen LogP) is 2.49. The normalized spacial score (nSPS) is 11.0. The average Bonchev–Trinajstić information content (AvgIpc) is 3.30. The molecule has 0 fully saturated rings. The summed E-state index contributed by atoms with van der Waals surface area (Å²) in [7, 11) is 1.89. The third-order valence-corrected chi connectivity index (χ3v) is 3.78. The number of hydrogen-bond donors (Lipinski definition) is 2. The van der Waals surface area contributed by atoms with Gasteiger partial charge in [-0.25, -0.2) is 0 Å². The molecule has 0 spiro atoms. The maximum atomic E-state index is 12.2. The second kappa shape index (κ2) is 5.69.